The van der Waals surface area contributed by atoms with Crippen LogP contribution >= 0.6 is 31.9 Å². The average molecular weight is 404 g/mol. The number of hydrogen-bond acceptors (Lipinski definition) is 4. The molecular formula is C14H12Br2O4. The van der Waals surface area contributed by atoms with Gasteiger partial charge in [-0.3, -0.25) is 0 Å². The Morgan fingerprint density at radius 1 is 1.25 bits per heavy atom. The molecule has 1 heterocycles. The Hall–Kier alpha value is -1.27. The van der Waals surface area contributed by atoms with E-state index in [0.29, 0.717) is 43.4 Å². The monoisotopic (exact) mass is 402 g/mol. The number of rotatable bonds is 4. The maximum atomic E-state index is 11.9. The molecule has 0 aliphatic carbocycles. The van der Waals surface area contributed by atoms with Crippen molar-refractivity contribution in [2.45, 2.75) is 6.42 Å². The Balaban J connectivity index is 2.94. The minimum atomic E-state index is -0.399. The summed E-state index contributed by atoms with van der Waals surface area (Å²) in [4.78, 5) is 11.9. The number of halogens is 2. The summed E-state index contributed by atoms with van der Waals surface area (Å²) in [6.45, 7) is 3.63. The molecule has 0 fully saturated rings. The third-order valence-corrected chi connectivity index (χ3v) is 4.28. The lowest BCUT2D eigenvalue weighted by atomic mass is 10.1. The zero-order valence-corrected chi connectivity index (χ0v) is 14.1. The predicted octanol–water partition coefficient (Wildman–Crippen LogP) is 4.06. The van der Waals surface area contributed by atoms with Gasteiger partial charge < -0.3 is 13.9 Å². The molecule has 0 atom stereocenters. The first-order valence-corrected chi connectivity index (χ1v) is 7.30. The Morgan fingerprint density at radius 2 is 1.90 bits per heavy atom. The molecule has 106 valence electrons. The first kappa shape index (κ1) is 15.1. The van der Waals surface area contributed by atoms with Crippen molar-refractivity contribution < 1.29 is 13.9 Å². The van der Waals surface area contributed by atoms with Crippen LogP contribution in [0.1, 0.15) is 5.56 Å². The van der Waals surface area contributed by atoms with Gasteiger partial charge in [0.2, 0.25) is 0 Å². The minimum absolute atomic E-state index is 0.389. The van der Waals surface area contributed by atoms with Crippen molar-refractivity contribution in [3.05, 3.63) is 43.7 Å². The Morgan fingerprint density at radius 3 is 2.45 bits per heavy atom. The lowest BCUT2D eigenvalue weighted by molar-refractivity contribution is 0.389. The van der Waals surface area contributed by atoms with E-state index in [4.69, 9.17) is 13.9 Å². The first-order valence-electron chi connectivity index (χ1n) is 5.71. The second-order valence-electron chi connectivity index (χ2n) is 3.99. The molecule has 2 rings (SSSR count). The van der Waals surface area contributed by atoms with Crippen molar-refractivity contribution in [2.24, 2.45) is 0 Å². The lowest BCUT2D eigenvalue weighted by Gasteiger charge is -2.14. The molecule has 0 aliphatic rings. The summed E-state index contributed by atoms with van der Waals surface area (Å²) < 4.78 is 17.3. The van der Waals surface area contributed by atoms with Crippen molar-refractivity contribution in [2.75, 3.05) is 14.2 Å². The standard InChI is InChI=1S/C14H12Br2O4/c1-4-5-7-6-8-11(18-2)9(15)13(19-3)10(16)12(8)20-14(7)17/h4,6H,1,5H2,2-3H3. The summed E-state index contributed by atoms with van der Waals surface area (Å²) in [5, 5.41) is 0.684. The maximum Gasteiger partial charge on any atom is 0.339 e. The van der Waals surface area contributed by atoms with Gasteiger partial charge >= 0.3 is 5.63 Å². The largest absolute Gasteiger partial charge is 0.495 e. The summed E-state index contributed by atoms with van der Waals surface area (Å²) in [5.41, 5.74) is 0.513. The molecule has 0 unspecified atom stereocenters. The molecule has 0 spiro atoms. The molecule has 1 aromatic carbocycles. The van der Waals surface area contributed by atoms with E-state index in [2.05, 4.69) is 38.4 Å². The van der Waals surface area contributed by atoms with Crippen LogP contribution in [-0.2, 0) is 6.42 Å². The fourth-order valence-corrected chi connectivity index (χ4v) is 3.60. The van der Waals surface area contributed by atoms with Gasteiger partial charge in [-0.15, -0.1) is 6.58 Å². The van der Waals surface area contributed by atoms with Crippen LogP contribution in [0.2, 0.25) is 0 Å². The molecule has 2 aromatic rings. The highest BCUT2D eigenvalue weighted by Crippen LogP contribution is 2.46. The first-order chi connectivity index (χ1) is 9.54. The van der Waals surface area contributed by atoms with Gasteiger partial charge in [0.1, 0.15) is 14.7 Å². The number of ether oxygens (including phenoxy) is 2. The number of benzene rings is 1. The molecule has 20 heavy (non-hydrogen) atoms. The molecule has 0 amide bonds. The second-order valence-corrected chi connectivity index (χ2v) is 5.58. The molecule has 0 N–H and O–H groups in total. The number of fused-ring (bicyclic) bond motifs is 1. The minimum Gasteiger partial charge on any atom is -0.495 e. The SMILES string of the molecule is C=CCc1cc2c(OC)c(Br)c(OC)c(Br)c2oc1=O. The maximum absolute atomic E-state index is 11.9. The van der Waals surface area contributed by atoms with Crippen LogP contribution in [-0.4, -0.2) is 14.2 Å². The van der Waals surface area contributed by atoms with Crippen LogP contribution in [0.5, 0.6) is 11.5 Å². The average Bonchev–Trinajstić information content (AvgIpc) is 2.42. The summed E-state index contributed by atoms with van der Waals surface area (Å²) >= 11 is 6.83. The molecule has 0 bridgehead atoms. The third-order valence-electron chi connectivity index (χ3n) is 2.83. The highest BCUT2D eigenvalue weighted by atomic mass is 79.9. The molecule has 0 aliphatic heterocycles. The van der Waals surface area contributed by atoms with Crippen LogP contribution in [0, 0.1) is 0 Å². The topological polar surface area (TPSA) is 48.7 Å². The molecule has 1 aromatic heterocycles. The molecule has 0 radical (unpaired) electrons. The quantitative estimate of drug-likeness (QED) is 0.570. The summed E-state index contributed by atoms with van der Waals surface area (Å²) in [7, 11) is 3.07. The van der Waals surface area contributed by atoms with E-state index in [1.165, 1.54) is 7.11 Å². The van der Waals surface area contributed by atoms with Crippen LogP contribution in [0.15, 0.2) is 36.9 Å². The van der Waals surface area contributed by atoms with E-state index >= 15 is 0 Å². The smallest absolute Gasteiger partial charge is 0.339 e. The van der Waals surface area contributed by atoms with Gasteiger partial charge in [0.15, 0.2) is 11.3 Å². The van der Waals surface area contributed by atoms with Crippen LogP contribution < -0.4 is 15.1 Å². The van der Waals surface area contributed by atoms with Gasteiger partial charge in [0, 0.05) is 5.56 Å². The lowest BCUT2D eigenvalue weighted by Crippen LogP contribution is -2.07. The zero-order chi connectivity index (χ0) is 14.9. The summed E-state index contributed by atoms with van der Waals surface area (Å²) in [6.07, 6.45) is 2.08. The number of methoxy groups -OCH3 is 2. The highest BCUT2D eigenvalue weighted by Gasteiger charge is 2.21. The fourth-order valence-electron chi connectivity index (χ4n) is 1.94. The van der Waals surface area contributed by atoms with Crippen LogP contribution in [0.4, 0.5) is 0 Å². The van der Waals surface area contributed by atoms with Gasteiger partial charge in [0.25, 0.3) is 0 Å². The Bertz CT molecular complexity index is 734. The molecule has 0 saturated carbocycles. The highest BCUT2D eigenvalue weighted by molar-refractivity contribution is 9.11. The van der Waals surface area contributed by atoms with Crippen molar-refractivity contribution in [1.82, 2.24) is 0 Å². The molecule has 6 heteroatoms. The predicted molar refractivity (Wildman–Crippen MR) is 84.9 cm³/mol. The van der Waals surface area contributed by atoms with E-state index in [1.807, 2.05) is 0 Å². The van der Waals surface area contributed by atoms with E-state index in [0.717, 1.165) is 0 Å². The van der Waals surface area contributed by atoms with E-state index in [1.54, 1.807) is 19.3 Å². The number of allylic oxidation sites excluding steroid dienone is 1. The van der Waals surface area contributed by atoms with Crippen LogP contribution in [0.3, 0.4) is 0 Å². The third kappa shape index (κ3) is 2.38. The molecule has 4 nitrogen and oxygen atoms in total. The van der Waals surface area contributed by atoms with E-state index in [9.17, 15) is 4.79 Å². The van der Waals surface area contributed by atoms with Crippen molar-refractivity contribution in [3.8, 4) is 11.5 Å². The van der Waals surface area contributed by atoms with E-state index in [-0.39, 0.29) is 0 Å². The van der Waals surface area contributed by atoms with Gasteiger partial charge in [-0.25, -0.2) is 4.79 Å². The Labute approximate surface area is 132 Å². The van der Waals surface area contributed by atoms with Gasteiger partial charge in [0.05, 0.1) is 19.6 Å². The summed E-state index contributed by atoms with van der Waals surface area (Å²) in [5.74, 6) is 1.06. The second kappa shape index (κ2) is 6.01. The van der Waals surface area contributed by atoms with E-state index < -0.39 is 5.63 Å². The van der Waals surface area contributed by atoms with Gasteiger partial charge in [-0.05, 0) is 44.3 Å². The number of hydrogen-bond donors (Lipinski definition) is 0. The van der Waals surface area contributed by atoms with Crippen molar-refractivity contribution in [1.29, 1.82) is 0 Å². The van der Waals surface area contributed by atoms with Crippen molar-refractivity contribution >= 4 is 42.8 Å². The van der Waals surface area contributed by atoms with Gasteiger partial charge in [-0.2, -0.15) is 0 Å². The summed E-state index contributed by atoms with van der Waals surface area (Å²) in [6, 6.07) is 1.75. The fraction of sp³-hybridized carbons (Fsp3) is 0.214. The molecule has 0 saturated heterocycles. The van der Waals surface area contributed by atoms with Crippen molar-refractivity contribution in [3.63, 3.8) is 0 Å². The molecular weight excluding hydrogens is 392 g/mol. The van der Waals surface area contributed by atoms with Gasteiger partial charge in [-0.1, -0.05) is 6.08 Å². The van der Waals surface area contributed by atoms with Crippen LogP contribution in [0.25, 0.3) is 11.0 Å². The zero-order valence-electron chi connectivity index (χ0n) is 11.0. The Kier molecular flexibility index (Phi) is 4.55. The normalized spacial score (nSPS) is 10.6.